The van der Waals surface area contributed by atoms with Crippen LogP contribution in [0.5, 0.6) is 0 Å². The first kappa shape index (κ1) is 14.1. The summed E-state index contributed by atoms with van der Waals surface area (Å²) < 4.78 is 0. The van der Waals surface area contributed by atoms with Gasteiger partial charge in [-0.2, -0.15) is 0 Å². The van der Waals surface area contributed by atoms with Crippen molar-refractivity contribution in [1.29, 1.82) is 0 Å². The van der Waals surface area contributed by atoms with Gasteiger partial charge in [0.2, 0.25) is 0 Å². The second-order valence-electron chi connectivity index (χ2n) is 6.54. The summed E-state index contributed by atoms with van der Waals surface area (Å²) in [5, 5.41) is 3.76. The van der Waals surface area contributed by atoms with E-state index >= 15 is 0 Å². The van der Waals surface area contributed by atoms with Crippen LogP contribution in [0.2, 0.25) is 0 Å². The molecular weight excluding hydrogens is 244 g/mol. The Morgan fingerprint density at radius 3 is 2.50 bits per heavy atom. The van der Waals surface area contributed by atoms with Gasteiger partial charge in [0.1, 0.15) is 0 Å². The average Bonchev–Trinajstić information content (AvgIpc) is 2.71. The van der Waals surface area contributed by atoms with Crippen LogP contribution >= 0.6 is 0 Å². The zero-order valence-corrected chi connectivity index (χ0v) is 12.7. The van der Waals surface area contributed by atoms with Crippen molar-refractivity contribution < 1.29 is 0 Å². The van der Waals surface area contributed by atoms with Crippen LogP contribution in [0, 0.1) is 0 Å². The van der Waals surface area contributed by atoms with Crippen LogP contribution in [0.25, 0.3) is 0 Å². The fraction of sp³-hybridized carbons (Fsp3) is 0.667. The molecular formula is C18H28N2. The van der Waals surface area contributed by atoms with Gasteiger partial charge in [-0.3, -0.25) is 4.90 Å². The fourth-order valence-electron chi connectivity index (χ4n) is 3.92. The molecule has 2 atom stereocenters. The van der Waals surface area contributed by atoms with Gasteiger partial charge in [0, 0.05) is 24.7 Å². The number of hydrogen-bond donors (Lipinski definition) is 1. The predicted octanol–water partition coefficient (Wildman–Crippen LogP) is 3.74. The van der Waals surface area contributed by atoms with Gasteiger partial charge in [-0.25, -0.2) is 0 Å². The SMILES string of the molecule is CC1CCNC(c2ccccc2)CN1C1CCCCC1. The number of benzene rings is 1. The quantitative estimate of drug-likeness (QED) is 0.882. The summed E-state index contributed by atoms with van der Waals surface area (Å²) >= 11 is 0. The molecule has 2 heteroatoms. The van der Waals surface area contributed by atoms with Crippen molar-refractivity contribution >= 4 is 0 Å². The molecule has 2 aliphatic rings. The van der Waals surface area contributed by atoms with Crippen LogP contribution in [0.1, 0.15) is 57.1 Å². The van der Waals surface area contributed by atoms with E-state index in [2.05, 4.69) is 47.5 Å². The Balaban J connectivity index is 1.74. The number of rotatable bonds is 2. The summed E-state index contributed by atoms with van der Waals surface area (Å²) in [5.41, 5.74) is 1.45. The second-order valence-corrected chi connectivity index (χ2v) is 6.54. The van der Waals surface area contributed by atoms with E-state index in [1.54, 1.807) is 0 Å². The lowest BCUT2D eigenvalue weighted by atomic mass is 9.92. The second kappa shape index (κ2) is 6.73. The summed E-state index contributed by atoms with van der Waals surface area (Å²) in [6.45, 7) is 4.74. The molecule has 0 bridgehead atoms. The Kier molecular flexibility index (Phi) is 4.74. The lowest BCUT2D eigenvalue weighted by Gasteiger charge is -2.38. The first-order valence-electron chi connectivity index (χ1n) is 8.38. The summed E-state index contributed by atoms with van der Waals surface area (Å²) in [6, 6.07) is 13.0. The molecule has 2 nitrogen and oxygen atoms in total. The molecule has 1 aliphatic carbocycles. The van der Waals surface area contributed by atoms with Crippen LogP contribution < -0.4 is 5.32 Å². The van der Waals surface area contributed by atoms with Crippen LogP contribution in [0.4, 0.5) is 0 Å². The maximum atomic E-state index is 3.76. The Labute approximate surface area is 123 Å². The van der Waals surface area contributed by atoms with Gasteiger partial charge in [-0.15, -0.1) is 0 Å². The summed E-state index contributed by atoms with van der Waals surface area (Å²) in [6.07, 6.45) is 8.39. The minimum atomic E-state index is 0.503. The Morgan fingerprint density at radius 2 is 1.75 bits per heavy atom. The van der Waals surface area contributed by atoms with Crippen LogP contribution in [0.15, 0.2) is 30.3 Å². The highest BCUT2D eigenvalue weighted by Gasteiger charge is 2.29. The highest BCUT2D eigenvalue weighted by molar-refractivity contribution is 5.19. The van der Waals surface area contributed by atoms with Gasteiger partial charge in [0.15, 0.2) is 0 Å². The van der Waals surface area contributed by atoms with Gasteiger partial charge in [0.05, 0.1) is 0 Å². The molecule has 1 aromatic carbocycles. The van der Waals surface area contributed by atoms with Crippen molar-refractivity contribution in [2.45, 2.75) is 63.6 Å². The van der Waals surface area contributed by atoms with Gasteiger partial charge in [-0.1, -0.05) is 49.6 Å². The Morgan fingerprint density at radius 1 is 1.00 bits per heavy atom. The maximum Gasteiger partial charge on any atom is 0.0449 e. The molecule has 1 saturated carbocycles. The lowest BCUT2D eigenvalue weighted by molar-refractivity contribution is 0.110. The smallest absolute Gasteiger partial charge is 0.0449 e. The van der Waals surface area contributed by atoms with E-state index in [1.165, 1.54) is 50.6 Å². The van der Waals surface area contributed by atoms with Crippen molar-refractivity contribution in [1.82, 2.24) is 10.2 Å². The molecule has 1 saturated heterocycles. The molecule has 2 unspecified atom stereocenters. The molecule has 1 heterocycles. The van der Waals surface area contributed by atoms with Gasteiger partial charge in [0.25, 0.3) is 0 Å². The molecule has 110 valence electrons. The monoisotopic (exact) mass is 272 g/mol. The minimum absolute atomic E-state index is 0.503. The highest BCUT2D eigenvalue weighted by atomic mass is 15.2. The highest BCUT2D eigenvalue weighted by Crippen LogP contribution is 2.28. The van der Waals surface area contributed by atoms with Crippen LogP contribution in [-0.4, -0.2) is 30.1 Å². The molecule has 20 heavy (non-hydrogen) atoms. The Hall–Kier alpha value is -0.860. The molecule has 2 fully saturated rings. The van der Waals surface area contributed by atoms with E-state index in [-0.39, 0.29) is 0 Å². The number of nitrogens with zero attached hydrogens (tertiary/aromatic N) is 1. The molecule has 1 aliphatic heterocycles. The topological polar surface area (TPSA) is 15.3 Å². The fourth-order valence-corrected chi connectivity index (χ4v) is 3.92. The maximum absolute atomic E-state index is 3.76. The van der Waals surface area contributed by atoms with Crippen molar-refractivity contribution in [2.24, 2.45) is 0 Å². The van der Waals surface area contributed by atoms with Crippen molar-refractivity contribution in [3.05, 3.63) is 35.9 Å². The van der Waals surface area contributed by atoms with E-state index in [4.69, 9.17) is 0 Å². The van der Waals surface area contributed by atoms with E-state index < -0.39 is 0 Å². The van der Waals surface area contributed by atoms with Crippen molar-refractivity contribution in [3.8, 4) is 0 Å². The zero-order valence-electron chi connectivity index (χ0n) is 12.7. The first-order valence-corrected chi connectivity index (χ1v) is 8.38. The van der Waals surface area contributed by atoms with E-state index in [9.17, 15) is 0 Å². The zero-order chi connectivity index (χ0) is 13.8. The average molecular weight is 272 g/mol. The summed E-state index contributed by atoms with van der Waals surface area (Å²) in [5.74, 6) is 0. The molecule has 0 radical (unpaired) electrons. The predicted molar refractivity (Wildman–Crippen MR) is 84.8 cm³/mol. The third-order valence-electron chi connectivity index (χ3n) is 5.16. The van der Waals surface area contributed by atoms with Crippen LogP contribution in [0.3, 0.4) is 0 Å². The molecule has 0 aromatic heterocycles. The normalized spacial score (nSPS) is 30.1. The first-order chi connectivity index (χ1) is 9.84. The van der Waals surface area contributed by atoms with Gasteiger partial charge >= 0.3 is 0 Å². The number of hydrogen-bond acceptors (Lipinski definition) is 2. The van der Waals surface area contributed by atoms with Crippen molar-refractivity contribution in [3.63, 3.8) is 0 Å². The lowest BCUT2D eigenvalue weighted by Crippen LogP contribution is -2.44. The molecule has 1 N–H and O–H groups in total. The largest absolute Gasteiger partial charge is 0.309 e. The van der Waals surface area contributed by atoms with E-state index in [0.29, 0.717) is 6.04 Å². The van der Waals surface area contributed by atoms with Gasteiger partial charge < -0.3 is 5.32 Å². The van der Waals surface area contributed by atoms with E-state index in [0.717, 1.165) is 18.6 Å². The minimum Gasteiger partial charge on any atom is -0.309 e. The summed E-state index contributed by atoms with van der Waals surface area (Å²) in [7, 11) is 0. The third kappa shape index (κ3) is 3.24. The molecule has 1 aromatic rings. The van der Waals surface area contributed by atoms with Crippen molar-refractivity contribution in [2.75, 3.05) is 13.1 Å². The van der Waals surface area contributed by atoms with Gasteiger partial charge in [-0.05, 0) is 38.3 Å². The molecule has 0 amide bonds. The summed E-state index contributed by atoms with van der Waals surface area (Å²) in [4.78, 5) is 2.80. The third-order valence-corrected chi connectivity index (χ3v) is 5.16. The molecule has 3 rings (SSSR count). The molecule has 0 spiro atoms. The van der Waals surface area contributed by atoms with E-state index in [1.807, 2.05) is 0 Å². The standard InChI is InChI=1S/C18H28N2/c1-15-12-13-19-18(16-8-4-2-5-9-16)14-20(15)17-10-6-3-7-11-17/h2,4-5,8-9,15,17-19H,3,6-7,10-14H2,1H3. The number of nitrogens with one attached hydrogen (secondary N) is 1. The van der Waals surface area contributed by atoms with Crippen LogP contribution in [-0.2, 0) is 0 Å². The Bertz CT molecular complexity index is 397.